The van der Waals surface area contributed by atoms with E-state index >= 15 is 0 Å². The Balaban J connectivity index is 0. The highest BCUT2D eigenvalue weighted by molar-refractivity contribution is 14.1. The van der Waals surface area contributed by atoms with Crippen LogP contribution in [0.1, 0.15) is 11.1 Å². The van der Waals surface area contributed by atoms with Gasteiger partial charge < -0.3 is 48.0 Å². The smallest absolute Gasteiger partial charge is 0.0130 e. The Bertz CT molecular complexity index is 335. The van der Waals surface area contributed by atoms with Gasteiger partial charge in [-0.05, 0) is 83.3 Å². The Morgan fingerprint density at radius 3 is 1.00 bits per heavy atom. The first-order valence-electron chi connectivity index (χ1n) is 5.02. The molecule has 0 fully saturated rings. The number of benzene rings is 2. The molecule has 0 N–H and O–H groups in total. The molecule has 0 aliphatic carbocycles. The van der Waals surface area contributed by atoms with Crippen molar-refractivity contribution in [2.24, 2.45) is 0 Å². The molecule has 0 nitrogen and oxygen atoms in total. The van der Waals surface area contributed by atoms with E-state index in [4.69, 9.17) is 0 Å². The van der Waals surface area contributed by atoms with Gasteiger partial charge in [0.05, 0.1) is 0 Å². The predicted octanol–water partition coefficient (Wildman–Crippen LogP) is -0.793. The fourth-order valence-corrected chi connectivity index (χ4v) is 1.79. The molecule has 0 radical (unpaired) electrons. The molecule has 0 amide bonds. The van der Waals surface area contributed by atoms with E-state index in [0.29, 0.717) is 0 Å². The molecule has 0 bridgehead atoms. The van der Waals surface area contributed by atoms with Crippen molar-refractivity contribution in [2.75, 3.05) is 0 Å². The van der Waals surface area contributed by atoms with Gasteiger partial charge in [-0.15, -0.1) is 0 Å². The van der Waals surface area contributed by atoms with Crippen molar-refractivity contribution in [1.82, 2.24) is 0 Å². The highest BCUT2D eigenvalue weighted by Crippen LogP contribution is 2.05. The molecule has 0 saturated carbocycles. The third kappa shape index (κ3) is 10.2. The maximum absolute atomic E-state index is 2.30. The molecule has 2 aromatic carbocycles. The minimum absolute atomic E-state index is 0. The van der Waals surface area contributed by atoms with E-state index in [1.165, 1.54) is 18.3 Å². The van der Waals surface area contributed by atoms with Crippen molar-refractivity contribution < 1.29 is 48.0 Å². The molecule has 0 aliphatic heterocycles. The molecule has 0 spiro atoms. The summed E-state index contributed by atoms with van der Waals surface area (Å²) in [5.74, 6) is 0. The molecule has 0 atom stereocenters. The minimum Gasteiger partial charge on any atom is -1.00 e. The van der Waals surface area contributed by atoms with Gasteiger partial charge in [0.25, 0.3) is 0 Å². The summed E-state index contributed by atoms with van der Waals surface area (Å²) in [5, 5.41) is 0. The standard InChI is InChI=1S/2C7H7I.2HI/c2*1-6-2-4-7(8)5-3-6;;/h2*2-5H,1H3;2*1H/p-2/i2*8+0;1+0;1-4. The lowest BCUT2D eigenvalue weighted by Gasteiger charge is -1.88. The number of aryl methyl sites for hydroxylation is 2. The normalized spacial score (nSPS) is 8.22. The van der Waals surface area contributed by atoms with Gasteiger partial charge in [0.2, 0.25) is 0 Å². The number of hydrogen-bond donors (Lipinski definition) is 0. The fourth-order valence-electron chi connectivity index (χ4n) is 1.07. The molecule has 100 valence electrons. The molecule has 0 heterocycles. The molecule has 2 aromatic rings. The molecular formula is C14H14I4-2. The lowest BCUT2D eigenvalue weighted by molar-refractivity contribution is -0.00100. The van der Waals surface area contributed by atoms with Crippen molar-refractivity contribution in [2.45, 2.75) is 13.8 Å². The quantitative estimate of drug-likeness (QED) is 0.320. The third-order valence-electron chi connectivity index (χ3n) is 2.02. The van der Waals surface area contributed by atoms with Crippen molar-refractivity contribution in [3.05, 3.63) is 66.8 Å². The summed E-state index contributed by atoms with van der Waals surface area (Å²) in [6.07, 6.45) is 0. The first-order chi connectivity index (χ1) is 7.58. The second-order valence-electron chi connectivity index (χ2n) is 3.59. The molecule has 0 aromatic heterocycles. The Hall–Kier alpha value is 1.36. The van der Waals surface area contributed by atoms with E-state index in [2.05, 4.69) is 108 Å². The minimum atomic E-state index is 0. The molecule has 0 aliphatic rings. The summed E-state index contributed by atoms with van der Waals surface area (Å²) in [6, 6.07) is 16.9. The summed E-state index contributed by atoms with van der Waals surface area (Å²) in [5.41, 5.74) is 2.65. The van der Waals surface area contributed by atoms with Crippen LogP contribution >= 0.6 is 45.2 Å². The summed E-state index contributed by atoms with van der Waals surface area (Å²) in [4.78, 5) is 0. The van der Waals surface area contributed by atoms with Gasteiger partial charge in [0, 0.05) is 7.14 Å². The van der Waals surface area contributed by atoms with Crippen LogP contribution in [0, 0.1) is 21.0 Å². The van der Waals surface area contributed by atoms with Crippen LogP contribution in [-0.2, 0) is 0 Å². The molecule has 0 unspecified atom stereocenters. The molecule has 0 saturated heterocycles. The topological polar surface area (TPSA) is 0 Å². The fraction of sp³-hybridized carbons (Fsp3) is 0.143. The average Bonchev–Trinajstić information content (AvgIpc) is 2.28. The van der Waals surface area contributed by atoms with Crippen LogP contribution in [-0.4, -0.2) is 0 Å². The van der Waals surface area contributed by atoms with E-state index in [1.807, 2.05) is 0 Å². The van der Waals surface area contributed by atoms with Crippen LogP contribution in [0.2, 0.25) is 0 Å². The van der Waals surface area contributed by atoms with Gasteiger partial charge in [-0.1, -0.05) is 35.4 Å². The van der Waals surface area contributed by atoms with Gasteiger partial charge in [-0.3, -0.25) is 0 Å². The zero-order chi connectivity index (χ0) is 12.0. The monoisotopic (exact) mass is 686 g/mol. The van der Waals surface area contributed by atoms with Gasteiger partial charge in [0.15, 0.2) is 0 Å². The number of rotatable bonds is 0. The highest BCUT2D eigenvalue weighted by Gasteiger charge is 1.82. The molecular weight excluding hydrogens is 672 g/mol. The van der Waals surface area contributed by atoms with E-state index in [1.54, 1.807) is 0 Å². The predicted molar refractivity (Wildman–Crippen MR) is 87.8 cm³/mol. The largest absolute Gasteiger partial charge is 1.00 e. The SMILES string of the molecule is Cc1ccc([127I])cc1.Cc1ccc([127I])cc1.[123I-].[127I-]. The average molecular weight is 686 g/mol. The molecule has 18 heavy (non-hydrogen) atoms. The maximum atomic E-state index is 2.30. The molecule has 4 heteroatoms. The zero-order valence-corrected chi connectivity index (χ0v) is 18.8. The van der Waals surface area contributed by atoms with Crippen LogP contribution in [0.25, 0.3) is 0 Å². The number of halogens is 4. The van der Waals surface area contributed by atoms with Crippen molar-refractivity contribution in [1.29, 1.82) is 0 Å². The first kappa shape index (κ1) is 21.7. The Kier molecular flexibility index (Phi) is 14.6. The van der Waals surface area contributed by atoms with Crippen molar-refractivity contribution in [3.8, 4) is 0 Å². The lowest BCUT2D eigenvalue weighted by Crippen LogP contribution is -3.00. The second kappa shape index (κ2) is 12.1. The Morgan fingerprint density at radius 1 is 0.611 bits per heavy atom. The second-order valence-corrected chi connectivity index (χ2v) is 6.08. The number of hydrogen-bond acceptors (Lipinski definition) is 0. The third-order valence-corrected chi connectivity index (χ3v) is 3.46. The van der Waals surface area contributed by atoms with Gasteiger partial charge >= 0.3 is 0 Å². The Morgan fingerprint density at radius 2 is 0.833 bits per heavy atom. The zero-order valence-electron chi connectivity index (χ0n) is 10.1. The first-order valence-corrected chi connectivity index (χ1v) is 7.18. The summed E-state index contributed by atoms with van der Waals surface area (Å²) >= 11 is 4.59. The maximum Gasteiger partial charge on any atom is 0.0130 e. The van der Waals surface area contributed by atoms with Crippen LogP contribution in [0.15, 0.2) is 48.5 Å². The van der Waals surface area contributed by atoms with E-state index in [-0.39, 0.29) is 48.0 Å². The summed E-state index contributed by atoms with van der Waals surface area (Å²) in [7, 11) is 0. The van der Waals surface area contributed by atoms with E-state index in [9.17, 15) is 0 Å². The van der Waals surface area contributed by atoms with E-state index in [0.717, 1.165) is 0 Å². The van der Waals surface area contributed by atoms with Crippen LogP contribution in [0.3, 0.4) is 0 Å². The van der Waals surface area contributed by atoms with Crippen LogP contribution < -0.4 is 48.0 Å². The summed E-state index contributed by atoms with van der Waals surface area (Å²) in [6.45, 7) is 4.19. The molecule has 2 rings (SSSR count). The lowest BCUT2D eigenvalue weighted by atomic mass is 10.2. The van der Waals surface area contributed by atoms with Gasteiger partial charge in [-0.25, -0.2) is 0 Å². The van der Waals surface area contributed by atoms with Crippen LogP contribution in [0.4, 0.5) is 0 Å². The summed E-state index contributed by atoms with van der Waals surface area (Å²) < 4.78 is 2.60. The Labute approximate surface area is 171 Å². The van der Waals surface area contributed by atoms with Gasteiger partial charge in [0.1, 0.15) is 0 Å². The highest BCUT2D eigenvalue weighted by atomic mass is 127. The van der Waals surface area contributed by atoms with Crippen molar-refractivity contribution >= 4 is 45.2 Å². The van der Waals surface area contributed by atoms with E-state index < -0.39 is 0 Å². The van der Waals surface area contributed by atoms with Crippen LogP contribution in [0.5, 0.6) is 0 Å². The van der Waals surface area contributed by atoms with Gasteiger partial charge in [-0.2, -0.15) is 0 Å². The van der Waals surface area contributed by atoms with Crippen molar-refractivity contribution in [3.63, 3.8) is 0 Å².